The summed E-state index contributed by atoms with van der Waals surface area (Å²) < 4.78 is 13.5. The number of nitrogens with zero attached hydrogens (tertiary/aromatic N) is 4. The van der Waals surface area contributed by atoms with E-state index in [-0.39, 0.29) is 0 Å². The molecule has 2 aromatic carbocycles. The van der Waals surface area contributed by atoms with Gasteiger partial charge in [0, 0.05) is 37.1 Å². The van der Waals surface area contributed by atoms with Crippen molar-refractivity contribution in [1.29, 1.82) is 0 Å². The topological polar surface area (TPSA) is 51.9 Å². The number of aromatic nitrogens is 3. The van der Waals surface area contributed by atoms with Gasteiger partial charge in [-0.05, 0) is 37.0 Å². The van der Waals surface area contributed by atoms with Crippen molar-refractivity contribution in [2.24, 2.45) is 0 Å². The van der Waals surface area contributed by atoms with Gasteiger partial charge < -0.3 is 14.4 Å². The maximum Gasteiger partial charge on any atom is 0.236 e. The molecule has 0 bridgehead atoms. The molecule has 0 saturated carbocycles. The Labute approximate surface area is 192 Å². The molecule has 1 saturated heterocycles. The molecule has 0 unspecified atom stereocenters. The van der Waals surface area contributed by atoms with Crippen LogP contribution >= 0.6 is 11.6 Å². The van der Waals surface area contributed by atoms with E-state index in [1.165, 1.54) is 19.3 Å². The van der Waals surface area contributed by atoms with E-state index in [1.807, 2.05) is 59.3 Å². The number of rotatable bonds is 6. The molecule has 0 aliphatic carbocycles. The van der Waals surface area contributed by atoms with E-state index >= 15 is 0 Å². The number of ether oxygens (including phenoxy) is 2. The lowest BCUT2D eigenvalue weighted by Crippen LogP contribution is -2.30. The quantitative estimate of drug-likeness (QED) is 0.382. The lowest BCUT2D eigenvalue weighted by molar-refractivity contribution is 0.305. The average Bonchev–Trinajstić information content (AvgIpc) is 3.27. The summed E-state index contributed by atoms with van der Waals surface area (Å²) in [5, 5.41) is 0.508. The molecule has 0 N–H and O–H groups in total. The van der Waals surface area contributed by atoms with Gasteiger partial charge in [-0.15, -0.1) is 0 Å². The summed E-state index contributed by atoms with van der Waals surface area (Å²) in [5.74, 6) is 2.86. The van der Waals surface area contributed by atoms with Crippen molar-refractivity contribution in [3.05, 3.63) is 71.5 Å². The van der Waals surface area contributed by atoms with Crippen LogP contribution in [-0.2, 0) is 6.61 Å². The minimum absolute atomic E-state index is 0.434. The third-order valence-corrected chi connectivity index (χ3v) is 6.05. The summed E-state index contributed by atoms with van der Waals surface area (Å²) in [6.07, 6.45) is 7.67. The zero-order valence-corrected chi connectivity index (χ0v) is 18.8. The van der Waals surface area contributed by atoms with Crippen LogP contribution < -0.4 is 14.4 Å². The van der Waals surface area contributed by atoms with E-state index < -0.39 is 0 Å². The normalized spacial score (nSPS) is 14.0. The van der Waals surface area contributed by atoms with E-state index in [4.69, 9.17) is 31.0 Å². The molecular weight excluding hydrogens is 424 g/mol. The molecule has 3 heterocycles. The molecule has 0 atom stereocenters. The van der Waals surface area contributed by atoms with Gasteiger partial charge in [-0.25, -0.2) is 4.98 Å². The molecule has 1 fully saturated rings. The minimum Gasteiger partial charge on any atom is -0.495 e. The number of halogens is 1. The molecule has 2 aromatic heterocycles. The van der Waals surface area contributed by atoms with Crippen molar-refractivity contribution in [1.82, 2.24) is 14.4 Å². The first-order chi connectivity index (χ1) is 15.7. The molecule has 6 nitrogen and oxygen atoms in total. The monoisotopic (exact) mass is 448 g/mol. The van der Waals surface area contributed by atoms with E-state index in [2.05, 4.69) is 11.0 Å². The van der Waals surface area contributed by atoms with E-state index in [1.54, 1.807) is 7.11 Å². The standard InChI is InChI=1S/C25H25ClN4O2/c1-31-23-15-22(32-17-18-8-4-2-5-9-18)19(14-20(23)26)21-16-30-13-10-24(28-25(30)27-21)29-11-6-3-7-12-29/h2,4-5,8-10,13-16H,3,6-7,11-12,17H2,1H3. The fraction of sp³-hybridized carbons (Fsp3) is 0.280. The largest absolute Gasteiger partial charge is 0.495 e. The van der Waals surface area contributed by atoms with Crippen LogP contribution in [0.1, 0.15) is 24.8 Å². The Bertz CT molecular complexity index is 1220. The van der Waals surface area contributed by atoms with Crippen molar-refractivity contribution >= 4 is 23.2 Å². The molecule has 4 aromatic rings. The minimum atomic E-state index is 0.434. The second kappa shape index (κ2) is 9.09. The molecule has 1 aliphatic heterocycles. The summed E-state index contributed by atoms with van der Waals surface area (Å²) in [7, 11) is 1.60. The zero-order valence-electron chi connectivity index (χ0n) is 18.0. The highest BCUT2D eigenvalue weighted by atomic mass is 35.5. The summed E-state index contributed by atoms with van der Waals surface area (Å²) in [4.78, 5) is 11.9. The predicted octanol–water partition coefficient (Wildman–Crippen LogP) is 5.63. The predicted molar refractivity (Wildman–Crippen MR) is 127 cm³/mol. The Morgan fingerprint density at radius 2 is 1.78 bits per heavy atom. The van der Waals surface area contributed by atoms with Gasteiger partial charge in [0.1, 0.15) is 23.9 Å². The molecule has 0 spiro atoms. The first-order valence-corrected chi connectivity index (χ1v) is 11.2. The lowest BCUT2D eigenvalue weighted by atomic mass is 10.1. The van der Waals surface area contributed by atoms with E-state index in [0.29, 0.717) is 28.9 Å². The van der Waals surface area contributed by atoms with Gasteiger partial charge in [-0.3, -0.25) is 4.40 Å². The van der Waals surface area contributed by atoms with Gasteiger partial charge >= 0.3 is 0 Å². The molecule has 1 aliphatic rings. The number of hydrogen-bond donors (Lipinski definition) is 0. The Morgan fingerprint density at radius 3 is 2.56 bits per heavy atom. The SMILES string of the molecule is COc1cc(OCc2ccccc2)c(-c2cn3ccc(N4CCCCC4)nc3n2)cc1Cl. The highest BCUT2D eigenvalue weighted by molar-refractivity contribution is 6.32. The van der Waals surface area contributed by atoms with Crippen molar-refractivity contribution in [3.8, 4) is 22.8 Å². The van der Waals surface area contributed by atoms with Gasteiger partial charge in [0.05, 0.1) is 17.8 Å². The summed E-state index contributed by atoms with van der Waals surface area (Å²) >= 11 is 6.46. The number of imidazole rings is 1. The number of methoxy groups -OCH3 is 1. The van der Waals surface area contributed by atoms with Gasteiger partial charge in [0.15, 0.2) is 0 Å². The second-order valence-corrected chi connectivity index (χ2v) is 8.33. The Morgan fingerprint density at radius 1 is 0.969 bits per heavy atom. The second-order valence-electron chi connectivity index (χ2n) is 7.92. The number of piperidine rings is 1. The highest BCUT2D eigenvalue weighted by Crippen LogP contribution is 2.38. The summed E-state index contributed by atoms with van der Waals surface area (Å²) in [6.45, 7) is 2.52. The smallest absolute Gasteiger partial charge is 0.236 e. The molecule has 164 valence electrons. The van der Waals surface area contributed by atoms with Gasteiger partial charge in [-0.1, -0.05) is 41.9 Å². The van der Waals surface area contributed by atoms with Crippen LogP contribution in [0, 0.1) is 0 Å². The molecule has 7 heteroatoms. The molecule has 32 heavy (non-hydrogen) atoms. The maximum atomic E-state index is 6.46. The van der Waals surface area contributed by atoms with Crippen molar-refractivity contribution in [2.45, 2.75) is 25.9 Å². The van der Waals surface area contributed by atoms with E-state index in [0.717, 1.165) is 35.7 Å². The van der Waals surface area contributed by atoms with Crippen LogP contribution in [0.15, 0.2) is 60.9 Å². The van der Waals surface area contributed by atoms with Crippen LogP contribution in [0.3, 0.4) is 0 Å². The van der Waals surface area contributed by atoms with Crippen LogP contribution in [0.2, 0.25) is 5.02 Å². The summed E-state index contributed by atoms with van der Waals surface area (Å²) in [5.41, 5.74) is 2.63. The number of fused-ring (bicyclic) bond motifs is 1. The van der Waals surface area contributed by atoms with E-state index in [9.17, 15) is 0 Å². The molecule has 0 amide bonds. The highest BCUT2D eigenvalue weighted by Gasteiger charge is 2.17. The number of benzene rings is 2. The van der Waals surface area contributed by atoms with Crippen molar-refractivity contribution < 1.29 is 9.47 Å². The molecule has 5 rings (SSSR count). The first kappa shape index (κ1) is 20.6. The van der Waals surface area contributed by atoms with Gasteiger partial charge in [0.2, 0.25) is 5.78 Å². The fourth-order valence-corrected chi connectivity index (χ4v) is 4.28. The third-order valence-electron chi connectivity index (χ3n) is 5.76. The Balaban J connectivity index is 1.50. The van der Waals surface area contributed by atoms with Crippen LogP contribution in [0.5, 0.6) is 11.5 Å². The fourth-order valence-electron chi connectivity index (χ4n) is 4.04. The van der Waals surface area contributed by atoms with Crippen LogP contribution in [0.4, 0.5) is 5.82 Å². The number of anilines is 1. The van der Waals surface area contributed by atoms with Gasteiger partial charge in [0.25, 0.3) is 0 Å². The zero-order chi connectivity index (χ0) is 21.9. The van der Waals surface area contributed by atoms with Crippen LogP contribution in [0.25, 0.3) is 17.0 Å². The van der Waals surface area contributed by atoms with Crippen LogP contribution in [-0.4, -0.2) is 34.6 Å². The van der Waals surface area contributed by atoms with Crippen molar-refractivity contribution in [3.63, 3.8) is 0 Å². The summed E-state index contributed by atoms with van der Waals surface area (Å²) in [6, 6.07) is 15.8. The molecular formula is C25H25ClN4O2. The Hall–Kier alpha value is -3.25. The van der Waals surface area contributed by atoms with Crippen molar-refractivity contribution in [2.75, 3.05) is 25.1 Å². The third kappa shape index (κ3) is 4.23. The number of hydrogen-bond acceptors (Lipinski definition) is 5. The average molecular weight is 449 g/mol. The van der Waals surface area contributed by atoms with Gasteiger partial charge in [-0.2, -0.15) is 4.98 Å². The Kier molecular flexibility index (Phi) is 5.86. The lowest BCUT2D eigenvalue weighted by Gasteiger charge is -2.27. The molecule has 0 radical (unpaired) electrons. The maximum absolute atomic E-state index is 6.46. The first-order valence-electron chi connectivity index (χ1n) is 10.9.